The van der Waals surface area contributed by atoms with Crippen LogP contribution < -0.4 is 0 Å². The normalized spacial score (nSPS) is 12.2. The molecule has 0 aromatic rings. The lowest BCUT2D eigenvalue weighted by Gasteiger charge is -2.13. The number of aliphatic hydroxyl groups is 3. The van der Waals surface area contributed by atoms with Gasteiger partial charge >= 0.3 is 0 Å². The Bertz CT molecular complexity index is 148. The third kappa shape index (κ3) is 3.67. The first-order valence-electron chi connectivity index (χ1n) is 3.94. The summed E-state index contributed by atoms with van der Waals surface area (Å²) in [6, 6.07) is 0. The molecule has 3 N–H and O–H groups in total. The largest absolute Gasteiger partial charge is 0.396 e. The van der Waals surface area contributed by atoms with Gasteiger partial charge in [-0.3, -0.25) is 0 Å². The average molecular weight is 172 g/mol. The first kappa shape index (κ1) is 11.4. The van der Waals surface area contributed by atoms with Crippen molar-refractivity contribution in [2.45, 2.75) is 6.42 Å². The second-order valence-corrected chi connectivity index (χ2v) is 2.51. The summed E-state index contributed by atoms with van der Waals surface area (Å²) in [7, 11) is 0. The standard InChI is InChI=1S/C9H16O3/c1-2-3-8(4-5-10)9(6-11)7-12/h2-3,9-12H,1,4-7H2. The lowest BCUT2D eigenvalue weighted by Crippen LogP contribution is -2.14. The van der Waals surface area contributed by atoms with Gasteiger partial charge in [0.05, 0.1) is 13.2 Å². The molecule has 0 rings (SSSR count). The second-order valence-electron chi connectivity index (χ2n) is 2.51. The van der Waals surface area contributed by atoms with Crippen LogP contribution in [-0.2, 0) is 0 Å². The van der Waals surface area contributed by atoms with Gasteiger partial charge in [0.25, 0.3) is 0 Å². The Kier molecular flexibility index (Phi) is 6.66. The van der Waals surface area contributed by atoms with Gasteiger partial charge in [0, 0.05) is 12.5 Å². The van der Waals surface area contributed by atoms with Crippen molar-refractivity contribution in [3.05, 3.63) is 24.3 Å². The van der Waals surface area contributed by atoms with Crippen LogP contribution in [0.4, 0.5) is 0 Å². The first-order valence-corrected chi connectivity index (χ1v) is 3.94. The molecule has 0 heterocycles. The van der Waals surface area contributed by atoms with Crippen molar-refractivity contribution in [1.82, 2.24) is 0 Å². The predicted molar refractivity (Wildman–Crippen MR) is 47.6 cm³/mol. The van der Waals surface area contributed by atoms with Crippen molar-refractivity contribution in [2.24, 2.45) is 5.92 Å². The molecule has 0 saturated heterocycles. The zero-order valence-electron chi connectivity index (χ0n) is 7.11. The van der Waals surface area contributed by atoms with Crippen LogP contribution in [0.2, 0.25) is 0 Å². The van der Waals surface area contributed by atoms with E-state index < -0.39 is 0 Å². The van der Waals surface area contributed by atoms with E-state index in [-0.39, 0.29) is 25.7 Å². The Morgan fingerprint density at radius 2 is 1.83 bits per heavy atom. The summed E-state index contributed by atoms with van der Waals surface area (Å²) in [5.41, 5.74) is 0.831. The highest BCUT2D eigenvalue weighted by atomic mass is 16.3. The van der Waals surface area contributed by atoms with Gasteiger partial charge in [0.1, 0.15) is 0 Å². The number of hydrogen-bond acceptors (Lipinski definition) is 3. The lowest BCUT2D eigenvalue weighted by atomic mass is 9.98. The van der Waals surface area contributed by atoms with Crippen LogP contribution in [0.15, 0.2) is 24.3 Å². The highest BCUT2D eigenvalue weighted by Gasteiger charge is 2.10. The minimum atomic E-state index is -0.268. The summed E-state index contributed by atoms with van der Waals surface area (Å²) in [5, 5.41) is 26.3. The molecule has 0 saturated carbocycles. The second kappa shape index (κ2) is 7.03. The molecule has 0 spiro atoms. The Labute approximate surface area is 72.7 Å². The molecule has 3 nitrogen and oxygen atoms in total. The van der Waals surface area contributed by atoms with E-state index in [1.165, 1.54) is 0 Å². The molecule has 0 amide bonds. The van der Waals surface area contributed by atoms with Gasteiger partial charge in [-0.15, -0.1) is 0 Å². The van der Waals surface area contributed by atoms with E-state index >= 15 is 0 Å². The summed E-state index contributed by atoms with van der Waals surface area (Å²) in [5.74, 6) is -0.268. The molecule has 0 bridgehead atoms. The van der Waals surface area contributed by atoms with Crippen molar-refractivity contribution < 1.29 is 15.3 Å². The summed E-state index contributed by atoms with van der Waals surface area (Å²) >= 11 is 0. The zero-order valence-corrected chi connectivity index (χ0v) is 7.11. The maximum absolute atomic E-state index is 8.83. The van der Waals surface area contributed by atoms with E-state index in [1.54, 1.807) is 12.2 Å². The Morgan fingerprint density at radius 1 is 1.25 bits per heavy atom. The molecule has 0 atom stereocenters. The molecule has 3 heteroatoms. The highest BCUT2D eigenvalue weighted by Crippen LogP contribution is 2.13. The fourth-order valence-corrected chi connectivity index (χ4v) is 0.996. The number of aliphatic hydroxyl groups excluding tert-OH is 3. The topological polar surface area (TPSA) is 60.7 Å². The van der Waals surface area contributed by atoms with E-state index in [1.807, 2.05) is 0 Å². The molecule has 0 aliphatic rings. The Balaban J connectivity index is 4.25. The van der Waals surface area contributed by atoms with E-state index in [0.717, 1.165) is 5.57 Å². The first-order chi connectivity index (χ1) is 5.79. The maximum atomic E-state index is 8.83. The molecule has 0 unspecified atom stereocenters. The molecular weight excluding hydrogens is 156 g/mol. The monoisotopic (exact) mass is 172 g/mol. The highest BCUT2D eigenvalue weighted by molar-refractivity contribution is 5.13. The summed E-state index contributed by atoms with van der Waals surface area (Å²) in [4.78, 5) is 0. The molecular formula is C9H16O3. The Morgan fingerprint density at radius 3 is 2.17 bits per heavy atom. The summed E-state index contributed by atoms with van der Waals surface area (Å²) in [6.07, 6.45) is 3.77. The van der Waals surface area contributed by atoms with Crippen LogP contribution >= 0.6 is 0 Å². The van der Waals surface area contributed by atoms with Crippen LogP contribution in [0.25, 0.3) is 0 Å². The molecule has 70 valence electrons. The molecule has 0 radical (unpaired) electrons. The van der Waals surface area contributed by atoms with E-state index in [2.05, 4.69) is 6.58 Å². The van der Waals surface area contributed by atoms with Crippen LogP contribution in [0, 0.1) is 5.92 Å². The van der Waals surface area contributed by atoms with E-state index in [0.29, 0.717) is 6.42 Å². The van der Waals surface area contributed by atoms with Crippen LogP contribution in [0.3, 0.4) is 0 Å². The van der Waals surface area contributed by atoms with Gasteiger partial charge in [-0.05, 0) is 6.42 Å². The smallest absolute Gasteiger partial charge is 0.0518 e. The molecule has 0 fully saturated rings. The lowest BCUT2D eigenvalue weighted by molar-refractivity contribution is 0.165. The number of rotatable bonds is 6. The van der Waals surface area contributed by atoms with Crippen LogP contribution in [-0.4, -0.2) is 35.1 Å². The van der Waals surface area contributed by atoms with Crippen molar-refractivity contribution in [2.75, 3.05) is 19.8 Å². The van der Waals surface area contributed by atoms with Gasteiger partial charge in [-0.25, -0.2) is 0 Å². The average Bonchev–Trinajstić information content (AvgIpc) is 2.07. The van der Waals surface area contributed by atoms with Crippen molar-refractivity contribution in [3.8, 4) is 0 Å². The van der Waals surface area contributed by atoms with Gasteiger partial charge < -0.3 is 15.3 Å². The fourth-order valence-electron chi connectivity index (χ4n) is 0.996. The van der Waals surface area contributed by atoms with E-state index in [9.17, 15) is 0 Å². The zero-order chi connectivity index (χ0) is 9.40. The molecule has 0 aliphatic carbocycles. The van der Waals surface area contributed by atoms with Crippen molar-refractivity contribution >= 4 is 0 Å². The SMILES string of the molecule is C=CC=C(CCO)C(CO)CO. The van der Waals surface area contributed by atoms with Crippen molar-refractivity contribution in [1.29, 1.82) is 0 Å². The van der Waals surface area contributed by atoms with Crippen molar-refractivity contribution in [3.63, 3.8) is 0 Å². The van der Waals surface area contributed by atoms with Gasteiger partial charge in [0.15, 0.2) is 0 Å². The summed E-state index contributed by atoms with van der Waals surface area (Å²) in [6.45, 7) is 3.33. The minimum absolute atomic E-state index is 0.0240. The fraction of sp³-hybridized carbons (Fsp3) is 0.556. The van der Waals surface area contributed by atoms with Gasteiger partial charge in [-0.2, -0.15) is 0 Å². The Hall–Kier alpha value is -0.640. The maximum Gasteiger partial charge on any atom is 0.0518 e. The number of allylic oxidation sites excluding steroid dienone is 2. The minimum Gasteiger partial charge on any atom is -0.396 e. The molecule has 12 heavy (non-hydrogen) atoms. The van der Waals surface area contributed by atoms with Crippen LogP contribution in [0.5, 0.6) is 0 Å². The summed E-state index contributed by atoms with van der Waals surface area (Å²) < 4.78 is 0. The predicted octanol–water partition coefficient (Wildman–Crippen LogP) is 0.0820. The van der Waals surface area contributed by atoms with Crippen LogP contribution in [0.1, 0.15) is 6.42 Å². The molecule has 0 aromatic carbocycles. The quantitative estimate of drug-likeness (QED) is 0.497. The third-order valence-corrected chi connectivity index (χ3v) is 1.70. The van der Waals surface area contributed by atoms with Gasteiger partial charge in [0.2, 0.25) is 0 Å². The van der Waals surface area contributed by atoms with E-state index in [4.69, 9.17) is 15.3 Å². The van der Waals surface area contributed by atoms with Gasteiger partial charge in [-0.1, -0.05) is 24.3 Å². The molecule has 0 aromatic heterocycles. The number of hydrogen-bond donors (Lipinski definition) is 3. The third-order valence-electron chi connectivity index (χ3n) is 1.70. The molecule has 0 aliphatic heterocycles.